The number of amides is 1. The van der Waals surface area contributed by atoms with Gasteiger partial charge in [-0.1, -0.05) is 42.5 Å². The van der Waals surface area contributed by atoms with Gasteiger partial charge in [-0.2, -0.15) is 0 Å². The van der Waals surface area contributed by atoms with E-state index in [1.54, 1.807) is 6.92 Å². The number of carbonyl (C=O) groups excluding carboxylic acids is 1. The molecule has 0 aliphatic heterocycles. The minimum absolute atomic E-state index is 0.204. The molecular weight excluding hydrogens is 314 g/mol. The van der Waals surface area contributed by atoms with Gasteiger partial charge in [-0.3, -0.25) is 4.79 Å². The number of ether oxygens (including phenoxy) is 1. The SMILES string of the molecule is CN(C)CCOc1ccc(CNC(=O)C(C)(N)c2ccccc2)cc1. The van der Waals surface area contributed by atoms with E-state index >= 15 is 0 Å². The van der Waals surface area contributed by atoms with Gasteiger partial charge in [0.1, 0.15) is 17.9 Å². The fraction of sp³-hybridized carbons (Fsp3) is 0.350. The van der Waals surface area contributed by atoms with Crippen LogP contribution in [0.25, 0.3) is 0 Å². The lowest BCUT2D eigenvalue weighted by atomic mass is 9.92. The van der Waals surface area contributed by atoms with Crippen molar-refractivity contribution in [3.63, 3.8) is 0 Å². The molecule has 0 aliphatic rings. The number of nitrogens with two attached hydrogens (primary N) is 1. The molecular formula is C20H27N3O2. The van der Waals surface area contributed by atoms with Crippen molar-refractivity contribution < 1.29 is 9.53 Å². The predicted molar refractivity (Wildman–Crippen MR) is 100 cm³/mol. The molecule has 2 rings (SSSR count). The molecule has 5 heteroatoms. The van der Waals surface area contributed by atoms with Crippen LogP contribution in [0.1, 0.15) is 18.1 Å². The summed E-state index contributed by atoms with van der Waals surface area (Å²) in [5.41, 5.74) is 6.94. The van der Waals surface area contributed by atoms with E-state index in [9.17, 15) is 4.79 Å². The van der Waals surface area contributed by atoms with Gasteiger partial charge in [0.2, 0.25) is 5.91 Å². The summed E-state index contributed by atoms with van der Waals surface area (Å²) in [6.07, 6.45) is 0. The molecule has 0 saturated heterocycles. The quantitative estimate of drug-likeness (QED) is 0.772. The van der Waals surface area contributed by atoms with Crippen LogP contribution in [0.4, 0.5) is 0 Å². The number of carbonyl (C=O) groups is 1. The average Bonchev–Trinajstić information content (AvgIpc) is 2.61. The van der Waals surface area contributed by atoms with E-state index in [1.165, 1.54) is 0 Å². The Morgan fingerprint density at radius 1 is 1.12 bits per heavy atom. The zero-order valence-corrected chi connectivity index (χ0v) is 15.2. The van der Waals surface area contributed by atoms with E-state index < -0.39 is 5.54 Å². The van der Waals surface area contributed by atoms with Crippen molar-refractivity contribution in [2.45, 2.75) is 19.0 Å². The lowest BCUT2D eigenvalue weighted by Gasteiger charge is -2.24. The maximum Gasteiger partial charge on any atom is 0.244 e. The number of hydrogen-bond donors (Lipinski definition) is 2. The Morgan fingerprint density at radius 2 is 1.76 bits per heavy atom. The second-order valence-corrected chi connectivity index (χ2v) is 6.55. The van der Waals surface area contributed by atoms with E-state index in [2.05, 4.69) is 10.2 Å². The first-order valence-corrected chi connectivity index (χ1v) is 8.39. The van der Waals surface area contributed by atoms with E-state index in [0.29, 0.717) is 13.2 Å². The Hall–Kier alpha value is -2.37. The lowest BCUT2D eigenvalue weighted by Crippen LogP contribution is -2.48. The van der Waals surface area contributed by atoms with E-state index in [-0.39, 0.29) is 5.91 Å². The van der Waals surface area contributed by atoms with Crippen molar-refractivity contribution in [1.29, 1.82) is 0 Å². The van der Waals surface area contributed by atoms with Crippen LogP contribution in [-0.4, -0.2) is 38.1 Å². The lowest BCUT2D eigenvalue weighted by molar-refractivity contribution is -0.126. The second-order valence-electron chi connectivity index (χ2n) is 6.55. The van der Waals surface area contributed by atoms with E-state index in [0.717, 1.165) is 23.4 Å². The zero-order valence-electron chi connectivity index (χ0n) is 15.2. The Kier molecular flexibility index (Phi) is 6.56. The zero-order chi connectivity index (χ0) is 18.3. The monoisotopic (exact) mass is 341 g/mol. The van der Waals surface area contributed by atoms with Crippen molar-refractivity contribution in [2.24, 2.45) is 5.73 Å². The van der Waals surface area contributed by atoms with Crippen molar-refractivity contribution in [2.75, 3.05) is 27.2 Å². The van der Waals surface area contributed by atoms with E-state index in [1.807, 2.05) is 68.7 Å². The first kappa shape index (κ1) is 19.0. The highest BCUT2D eigenvalue weighted by Gasteiger charge is 2.29. The van der Waals surface area contributed by atoms with Gasteiger partial charge in [-0.25, -0.2) is 0 Å². The maximum atomic E-state index is 12.4. The molecule has 0 saturated carbocycles. The van der Waals surface area contributed by atoms with E-state index in [4.69, 9.17) is 10.5 Å². The molecule has 134 valence electrons. The van der Waals surface area contributed by atoms with Gasteiger partial charge in [0.15, 0.2) is 0 Å². The summed E-state index contributed by atoms with van der Waals surface area (Å²) in [6, 6.07) is 17.1. The first-order valence-electron chi connectivity index (χ1n) is 8.39. The fourth-order valence-corrected chi connectivity index (χ4v) is 2.33. The Bertz CT molecular complexity index is 667. The third-order valence-electron chi connectivity index (χ3n) is 4.03. The predicted octanol–water partition coefficient (Wildman–Crippen LogP) is 2.12. The van der Waals surface area contributed by atoms with Crippen LogP contribution in [0.3, 0.4) is 0 Å². The van der Waals surface area contributed by atoms with Crippen molar-refractivity contribution in [3.05, 3.63) is 65.7 Å². The van der Waals surface area contributed by atoms with Crippen LogP contribution >= 0.6 is 0 Å². The van der Waals surface area contributed by atoms with Gasteiger partial charge < -0.3 is 20.7 Å². The van der Waals surface area contributed by atoms with Gasteiger partial charge in [0, 0.05) is 13.1 Å². The van der Waals surface area contributed by atoms with Gasteiger partial charge in [-0.05, 0) is 44.3 Å². The van der Waals surface area contributed by atoms with Crippen LogP contribution in [-0.2, 0) is 16.9 Å². The molecule has 2 aromatic carbocycles. The van der Waals surface area contributed by atoms with Crippen LogP contribution in [0.5, 0.6) is 5.75 Å². The van der Waals surface area contributed by atoms with Crippen LogP contribution in [0.2, 0.25) is 0 Å². The average molecular weight is 341 g/mol. The van der Waals surface area contributed by atoms with Crippen molar-refractivity contribution in [1.82, 2.24) is 10.2 Å². The molecule has 0 aromatic heterocycles. The summed E-state index contributed by atoms with van der Waals surface area (Å²) in [4.78, 5) is 14.5. The van der Waals surface area contributed by atoms with Crippen molar-refractivity contribution in [3.8, 4) is 5.75 Å². The molecule has 0 radical (unpaired) electrons. The molecule has 25 heavy (non-hydrogen) atoms. The summed E-state index contributed by atoms with van der Waals surface area (Å²) in [5, 5.41) is 2.90. The molecule has 0 heterocycles. The van der Waals surface area contributed by atoms with Gasteiger partial charge >= 0.3 is 0 Å². The summed E-state index contributed by atoms with van der Waals surface area (Å²) in [6.45, 7) is 3.66. The smallest absolute Gasteiger partial charge is 0.244 e. The molecule has 0 aliphatic carbocycles. The summed E-state index contributed by atoms with van der Waals surface area (Å²) in [5.74, 6) is 0.620. The highest BCUT2D eigenvalue weighted by atomic mass is 16.5. The Balaban J connectivity index is 1.87. The number of rotatable bonds is 8. The minimum atomic E-state index is -1.06. The second kappa shape index (κ2) is 8.65. The highest BCUT2D eigenvalue weighted by molar-refractivity contribution is 5.86. The molecule has 2 aromatic rings. The number of likely N-dealkylation sites (N-methyl/N-ethyl adjacent to an activating group) is 1. The molecule has 1 amide bonds. The van der Waals surface area contributed by atoms with Crippen LogP contribution in [0.15, 0.2) is 54.6 Å². The largest absolute Gasteiger partial charge is 0.492 e. The fourth-order valence-electron chi connectivity index (χ4n) is 2.33. The maximum absolute atomic E-state index is 12.4. The number of nitrogens with zero attached hydrogens (tertiary/aromatic N) is 1. The van der Waals surface area contributed by atoms with Gasteiger partial charge in [0.05, 0.1) is 0 Å². The molecule has 0 spiro atoms. The third kappa shape index (κ3) is 5.59. The molecule has 5 nitrogen and oxygen atoms in total. The summed E-state index contributed by atoms with van der Waals surface area (Å²) in [7, 11) is 4.02. The minimum Gasteiger partial charge on any atom is -0.492 e. The number of hydrogen-bond acceptors (Lipinski definition) is 4. The number of nitrogens with one attached hydrogen (secondary N) is 1. The molecule has 1 atom stereocenters. The first-order chi connectivity index (χ1) is 11.9. The van der Waals surface area contributed by atoms with Gasteiger partial charge in [-0.15, -0.1) is 0 Å². The number of benzene rings is 2. The van der Waals surface area contributed by atoms with Crippen LogP contribution < -0.4 is 15.8 Å². The molecule has 0 fully saturated rings. The Labute approximate surface area is 149 Å². The standard InChI is InChI=1S/C20H27N3O2/c1-20(21,17-7-5-4-6-8-17)19(24)22-15-16-9-11-18(12-10-16)25-14-13-23(2)3/h4-12H,13-15,21H2,1-3H3,(H,22,24). The Morgan fingerprint density at radius 3 is 2.36 bits per heavy atom. The normalized spacial score (nSPS) is 13.3. The van der Waals surface area contributed by atoms with Gasteiger partial charge in [0.25, 0.3) is 0 Å². The van der Waals surface area contributed by atoms with Crippen molar-refractivity contribution >= 4 is 5.91 Å². The highest BCUT2D eigenvalue weighted by Crippen LogP contribution is 2.18. The summed E-state index contributed by atoms with van der Waals surface area (Å²) >= 11 is 0. The molecule has 3 N–H and O–H groups in total. The molecule has 1 unspecified atom stereocenters. The molecule has 0 bridgehead atoms. The topological polar surface area (TPSA) is 67.6 Å². The third-order valence-corrected chi connectivity index (χ3v) is 4.03. The summed E-state index contributed by atoms with van der Waals surface area (Å²) < 4.78 is 5.66. The van der Waals surface area contributed by atoms with Crippen LogP contribution in [0, 0.1) is 0 Å².